The van der Waals surface area contributed by atoms with Crippen LogP contribution in [0.3, 0.4) is 0 Å². The van der Waals surface area contributed by atoms with E-state index in [1.165, 1.54) is 24.3 Å². The SMILES string of the molecule is O=C(Nc1cc(C(F)(F)F)ccc1Cl)c1ccc(-c2ccc([N+](=O)[O-])cc2Cl)o1. The van der Waals surface area contributed by atoms with E-state index in [1.54, 1.807) is 0 Å². The molecule has 0 radical (unpaired) electrons. The predicted molar refractivity (Wildman–Crippen MR) is 100 cm³/mol. The number of nitrogens with one attached hydrogen (secondary N) is 1. The lowest BCUT2D eigenvalue weighted by Gasteiger charge is -2.11. The van der Waals surface area contributed by atoms with Gasteiger partial charge in [-0.25, -0.2) is 0 Å². The van der Waals surface area contributed by atoms with Crippen molar-refractivity contribution in [1.29, 1.82) is 0 Å². The van der Waals surface area contributed by atoms with Crippen LogP contribution in [0.1, 0.15) is 16.1 Å². The van der Waals surface area contributed by atoms with Crippen LogP contribution >= 0.6 is 23.2 Å². The molecule has 3 aromatic rings. The number of nitro groups is 1. The summed E-state index contributed by atoms with van der Waals surface area (Å²) >= 11 is 11.9. The van der Waals surface area contributed by atoms with Crippen molar-refractivity contribution in [3.05, 3.63) is 80.0 Å². The number of hydrogen-bond donors (Lipinski definition) is 1. The standard InChI is InChI=1S/C18H9Cl2F3N2O4/c19-12-4-1-9(18(21,22)23)7-14(12)24-17(26)16-6-5-15(29-16)11-3-2-10(25(27)28)8-13(11)20/h1-8H,(H,24,26). The summed E-state index contributed by atoms with van der Waals surface area (Å²) in [7, 11) is 0. The zero-order valence-corrected chi connectivity index (χ0v) is 15.6. The molecule has 2 aromatic carbocycles. The summed E-state index contributed by atoms with van der Waals surface area (Å²) < 4.78 is 43.9. The Kier molecular flexibility index (Phi) is 5.54. The molecule has 150 valence electrons. The lowest BCUT2D eigenvalue weighted by atomic mass is 10.1. The van der Waals surface area contributed by atoms with Crippen LogP contribution in [0.2, 0.25) is 10.0 Å². The van der Waals surface area contributed by atoms with Gasteiger partial charge in [-0.2, -0.15) is 13.2 Å². The second-order valence-electron chi connectivity index (χ2n) is 5.73. The Morgan fingerprint density at radius 1 is 1.03 bits per heavy atom. The van der Waals surface area contributed by atoms with E-state index in [4.69, 9.17) is 27.6 Å². The summed E-state index contributed by atoms with van der Waals surface area (Å²) in [5.74, 6) is -0.913. The number of non-ortho nitro benzene ring substituents is 1. The molecule has 0 unspecified atom stereocenters. The van der Waals surface area contributed by atoms with Crippen molar-refractivity contribution in [3.8, 4) is 11.3 Å². The Balaban J connectivity index is 1.85. The number of rotatable bonds is 4. The number of benzene rings is 2. The molecule has 0 saturated heterocycles. The van der Waals surface area contributed by atoms with Gasteiger partial charge in [-0.3, -0.25) is 14.9 Å². The molecule has 1 amide bonds. The molecule has 0 fully saturated rings. The number of alkyl halides is 3. The van der Waals surface area contributed by atoms with Gasteiger partial charge in [-0.15, -0.1) is 0 Å². The fourth-order valence-corrected chi connectivity index (χ4v) is 2.84. The summed E-state index contributed by atoms with van der Waals surface area (Å²) in [6.07, 6.45) is -4.60. The lowest BCUT2D eigenvalue weighted by molar-refractivity contribution is -0.384. The van der Waals surface area contributed by atoms with Crippen LogP contribution in [-0.4, -0.2) is 10.8 Å². The number of anilines is 1. The van der Waals surface area contributed by atoms with E-state index in [2.05, 4.69) is 5.32 Å². The quantitative estimate of drug-likeness (QED) is 0.370. The summed E-state index contributed by atoms with van der Waals surface area (Å²) in [5, 5.41) is 13.0. The Labute approximate surface area is 171 Å². The summed E-state index contributed by atoms with van der Waals surface area (Å²) in [6.45, 7) is 0. The second-order valence-corrected chi connectivity index (χ2v) is 6.55. The molecule has 29 heavy (non-hydrogen) atoms. The molecular formula is C18H9Cl2F3N2O4. The molecule has 0 bridgehead atoms. The maximum absolute atomic E-state index is 12.8. The van der Waals surface area contributed by atoms with Gasteiger partial charge in [0.05, 0.1) is 26.2 Å². The number of carbonyl (C=O) groups is 1. The van der Waals surface area contributed by atoms with Gasteiger partial charge < -0.3 is 9.73 Å². The van der Waals surface area contributed by atoms with Gasteiger partial charge in [0.25, 0.3) is 11.6 Å². The maximum atomic E-state index is 12.8. The first kappa shape index (κ1) is 20.7. The Bertz CT molecular complexity index is 1110. The fraction of sp³-hybridized carbons (Fsp3) is 0.0556. The zero-order valence-electron chi connectivity index (χ0n) is 14.1. The van der Waals surface area contributed by atoms with Crippen molar-refractivity contribution >= 4 is 40.5 Å². The molecule has 1 aromatic heterocycles. The van der Waals surface area contributed by atoms with Crippen molar-refractivity contribution in [2.24, 2.45) is 0 Å². The predicted octanol–water partition coefficient (Wildman–Crippen LogP) is 6.43. The maximum Gasteiger partial charge on any atom is 0.416 e. The van der Waals surface area contributed by atoms with Crippen molar-refractivity contribution < 1.29 is 27.3 Å². The third-order valence-electron chi connectivity index (χ3n) is 3.80. The average molecular weight is 445 g/mol. The summed E-state index contributed by atoms with van der Waals surface area (Å²) in [6, 6.07) is 8.89. The molecule has 3 rings (SSSR count). The average Bonchev–Trinajstić information content (AvgIpc) is 3.12. The minimum absolute atomic E-state index is 0.0291. The van der Waals surface area contributed by atoms with Gasteiger partial charge in [0.1, 0.15) is 5.76 Å². The van der Waals surface area contributed by atoms with Crippen molar-refractivity contribution in [3.63, 3.8) is 0 Å². The third-order valence-corrected chi connectivity index (χ3v) is 4.44. The molecule has 11 heteroatoms. The molecular weight excluding hydrogens is 436 g/mol. The van der Waals surface area contributed by atoms with Crippen molar-refractivity contribution in [1.82, 2.24) is 0 Å². The molecule has 0 aliphatic rings. The number of halogens is 5. The fourth-order valence-electron chi connectivity index (χ4n) is 2.40. The first-order valence-electron chi connectivity index (χ1n) is 7.78. The van der Waals surface area contributed by atoms with E-state index in [0.717, 1.165) is 18.2 Å². The largest absolute Gasteiger partial charge is 0.451 e. The van der Waals surface area contributed by atoms with Crippen LogP contribution < -0.4 is 5.32 Å². The van der Waals surface area contributed by atoms with E-state index < -0.39 is 22.6 Å². The Morgan fingerprint density at radius 2 is 1.76 bits per heavy atom. The highest BCUT2D eigenvalue weighted by atomic mass is 35.5. The van der Waals surface area contributed by atoms with E-state index in [9.17, 15) is 28.1 Å². The van der Waals surface area contributed by atoms with Crippen LogP contribution in [0.4, 0.5) is 24.5 Å². The lowest BCUT2D eigenvalue weighted by Crippen LogP contribution is -2.13. The Morgan fingerprint density at radius 3 is 2.38 bits per heavy atom. The zero-order chi connectivity index (χ0) is 21.3. The van der Waals surface area contributed by atoms with Crippen LogP contribution in [0.25, 0.3) is 11.3 Å². The highest BCUT2D eigenvalue weighted by molar-refractivity contribution is 6.34. The number of hydrogen-bond acceptors (Lipinski definition) is 4. The minimum atomic E-state index is -4.60. The Hall–Kier alpha value is -3.04. The van der Waals surface area contributed by atoms with Crippen LogP contribution in [0, 0.1) is 10.1 Å². The molecule has 0 spiro atoms. The van der Waals surface area contributed by atoms with Crippen molar-refractivity contribution in [2.45, 2.75) is 6.18 Å². The molecule has 0 aliphatic heterocycles. The van der Waals surface area contributed by atoms with Crippen LogP contribution in [0.5, 0.6) is 0 Å². The van der Waals surface area contributed by atoms with Gasteiger partial charge in [-0.05, 0) is 36.4 Å². The molecule has 0 saturated carbocycles. The van der Waals surface area contributed by atoms with E-state index in [1.807, 2.05) is 0 Å². The minimum Gasteiger partial charge on any atom is -0.451 e. The van der Waals surface area contributed by atoms with E-state index >= 15 is 0 Å². The highest BCUT2D eigenvalue weighted by Gasteiger charge is 2.31. The molecule has 6 nitrogen and oxygen atoms in total. The van der Waals surface area contributed by atoms with E-state index in [-0.39, 0.29) is 32.9 Å². The van der Waals surface area contributed by atoms with Crippen molar-refractivity contribution in [2.75, 3.05) is 5.32 Å². The molecule has 1 N–H and O–H groups in total. The molecule has 0 aliphatic carbocycles. The number of nitro benzene ring substituents is 1. The topological polar surface area (TPSA) is 85.4 Å². The summed E-state index contributed by atoms with van der Waals surface area (Å²) in [4.78, 5) is 22.5. The number of nitrogens with zero attached hydrogens (tertiary/aromatic N) is 1. The number of furan rings is 1. The monoisotopic (exact) mass is 444 g/mol. The number of amides is 1. The first-order valence-corrected chi connectivity index (χ1v) is 8.54. The van der Waals surface area contributed by atoms with E-state index in [0.29, 0.717) is 11.6 Å². The normalized spacial score (nSPS) is 11.3. The number of carbonyl (C=O) groups excluding carboxylic acids is 1. The molecule has 0 atom stereocenters. The van der Waals surface area contributed by atoms with Gasteiger partial charge in [0.15, 0.2) is 5.76 Å². The van der Waals surface area contributed by atoms with Gasteiger partial charge in [0, 0.05) is 17.7 Å². The van der Waals surface area contributed by atoms with Crippen LogP contribution in [0.15, 0.2) is 52.9 Å². The summed E-state index contributed by atoms with van der Waals surface area (Å²) in [5.41, 5.74) is -1.14. The highest BCUT2D eigenvalue weighted by Crippen LogP contribution is 2.35. The smallest absolute Gasteiger partial charge is 0.416 e. The second kappa shape index (κ2) is 7.76. The van der Waals surface area contributed by atoms with Gasteiger partial charge >= 0.3 is 6.18 Å². The van der Waals surface area contributed by atoms with Crippen LogP contribution in [-0.2, 0) is 6.18 Å². The first-order chi connectivity index (χ1) is 13.6. The third kappa shape index (κ3) is 4.52. The van der Waals surface area contributed by atoms with Gasteiger partial charge in [0.2, 0.25) is 0 Å². The molecule has 1 heterocycles. The van der Waals surface area contributed by atoms with Gasteiger partial charge in [-0.1, -0.05) is 23.2 Å².